The highest BCUT2D eigenvalue weighted by Crippen LogP contribution is 1.64. The summed E-state index contributed by atoms with van der Waals surface area (Å²) in [5, 5.41) is 0. The highest BCUT2D eigenvalue weighted by atomic mass is 28.3. The molecular formula is C3H8N2Si. The van der Waals surface area contributed by atoms with Crippen molar-refractivity contribution in [2.24, 2.45) is 0 Å². The van der Waals surface area contributed by atoms with E-state index in [1.54, 1.807) is 5.84 Å². The fourth-order valence-electron chi connectivity index (χ4n) is 0.133. The van der Waals surface area contributed by atoms with Crippen LogP contribution in [-0.2, 0) is 0 Å². The zero-order valence-corrected chi connectivity index (χ0v) is 5.20. The summed E-state index contributed by atoms with van der Waals surface area (Å²) in [5.74, 6) is 1.61. The second-order valence-electron chi connectivity index (χ2n) is 1.51. The van der Waals surface area contributed by atoms with E-state index in [1.807, 2.05) is 0 Å². The molecule has 0 saturated heterocycles. The summed E-state index contributed by atoms with van der Waals surface area (Å²) >= 11 is 0. The molecule has 0 rings (SSSR count). The monoisotopic (exact) mass is 100 g/mol. The quantitative estimate of drug-likeness (QED) is 0.197. The molecule has 0 aliphatic carbocycles. The summed E-state index contributed by atoms with van der Waals surface area (Å²) in [5.41, 5.74) is 7.84. The maximum absolute atomic E-state index is 7.84. The Labute approximate surface area is 39.0 Å². The molecule has 2 nitrogen and oxygen atoms in total. The van der Waals surface area contributed by atoms with Crippen molar-refractivity contribution in [3.63, 3.8) is 0 Å². The van der Waals surface area contributed by atoms with Crippen LogP contribution >= 0.6 is 0 Å². The largest absolute Gasteiger partial charge is 0.363 e. The van der Waals surface area contributed by atoms with Gasteiger partial charge < -0.3 is 5.53 Å². The van der Waals surface area contributed by atoms with E-state index in [0.717, 1.165) is 0 Å². The first-order valence-corrected chi connectivity index (χ1v) is 4.92. The lowest BCUT2D eigenvalue weighted by Gasteiger charge is -1.71. The van der Waals surface area contributed by atoms with E-state index >= 15 is 0 Å². The van der Waals surface area contributed by atoms with Gasteiger partial charge in [0, 0.05) is 0 Å². The van der Waals surface area contributed by atoms with Crippen LogP contribution in [0.25, 0.3) is 5.53 Å². The van der Waals surface area contributed by atoms with E-state index in [1.165, 1.54) is 0 Å². The van der Waals surface area contributed by atoms with Gasteiger partial charge in [0.1, 0.15) is 0 Å². The molecule has 0 atom stereocenters. The van der Waals surface area contributed by atoms with Gasteiger partial charge in [0.15, 0.2) is 8.80 Å². The molecule has 0 aromatic heterocycles. The van der Waals surface area contributed by atoms with Crippen molar-refractivity contribution in [3.05, 3.63) is 5.53 Å². The molecule has 0 saturated carbocycles. The van der Waals surface area contributed by atoms with Gasteiger partial charge in [-0.25, -0.2) is 0 Å². The fourth-order valence-corrected chi connectivity index (χ4v) is 0.400. The lowest BCUT2D eigenvalue weighted by atomic mass is 11.7. The van der Waals surface area contributed by atoms with Crippen molar-refractivity contribution < 1.29 is 4.79 Å². The molecule has 3 heteroatoms. The minimum absolute atomic E-state index is 0.712. The van der Waals surface area contributed by atoms with Gasteiger partial charge >= 0.3 is 0 Å². The zero-order valence-electron chi connectivity index (χ0n) is 4.05. The topological polar surface area (TPSA) is 36.4 Å². The number of hydrogen-bond acceptors (Lipinski definition) is 0. The lowest BCUT2D eigenvalue weighted by Crippen LogP contribution is -2.00. The smallest absolute Gasteiger partial charge is 0.222 e. The predicted molar refractivity (Wildman–Crippen MR) is 28.6 cm³/mol. The third kappa shape index (κ3) is 3.60. The molecule has 0 amide bonds. The maximum atomic E-state index is 7.84. The van der Waals surface area contributed by atoms with Crippen LogP contribution < -0.4 is 0 Å². The van der Waals surface area contributed by atoms with Crippen molar-refractivity contribution in [1.82, 2.24) is 0 Å². The van der Waals surface area contributed by atoms with E-state index < -0.39 is 8.80 Å². The van der Waals surface area contributed by atoms with E-state index in [0.29, 0.717) is 0 Å². The van der Waals surface area contributed by atoms with Crippen LogP contribution in [-0.4, -0.2) is 19.4 Å². The normalized spacial score (nSPS) is 7.83. The SMILES string of the molecule is C[SiH](C)C=[N+]=[N-]. The van der Waals surface area contributed by atoms with Crippen LogP contribution in [0.4, 0.5) is 0 Å². The van der Waals surface area contributed by atoms with Gasteiger partial charge in [-0.05, 0) is 0 Å². The summed E-state index contributed by atoms with van der Waals surface area (Å²) in [4.78, 5) is 2.87. The zero-order chi connectivity index (χ0) is 4.99. The van der Waals surface area contributed by atoms with Crippen LogP contribution in [0.15, 0.2) is 0 Å². The number of rotatable bonds is 1. The summed E-state index contributed by atoms with van der Waals surface area (Å²) in [6.45, 7) is 4.17. The minimum atomic E-state index is -0.712. The Morgan fingerprint density at radius 2 is 2.17 bits per heavy atom. The molecule has 0 spiro atoms. The molecule has 0 unspecified atom stereocenters. The van der Waals surface area contributed by atoms with E-state index in [2.05, 4.69) is 17.9 Å². The number of hydrogen-bond donors (Lipinski definition) is 0. The van der Waals surface area contributed by atoms with E-state index in [-0.39, 0.29) is 0 Å². The molecule has 34 valence electrons. The molecule has 6 heavy (non-hydrogen) atoms. The molecule has 0 aromatic carbocycles. The average molecular weight is 100 g/mol. The van der Waals surface area contributed by atoms with E-state index in [4.69, 9.17) is 5.53 Å². The molecule has 0 bridgehead atoms. The maximum Gasteiger partial charge on any atom is 0.222 e. The van der Waals surface area contributed by atoms with Crippen LogP contribution in [0.3, 0.4) is 0 Å². The predicted octanol–water partition coefficient (Wildman–Crippen LogP) is 0.313. The Morgan fingerprint density at radius 1 is 1.67 bits per heavy atom. The molecule has 0 aromatic rings. The molecule has 0 N–H and O–H groups in total. The highest BCUT2D eigenvalue weighted by molar-refractivity contribution is 6.82. The van der Waals surface area contributed by atoms with Gasteiger partial charge in [0.2, 0.25) is 5.84 Å². The van der Waals surface area contributed by atoms with Crippen LogP contribution in [0, 0.1) is 0 Å². The van der Waals surface area contributed by atoms with Crippen LogP contribution in [0.2, 0.25) is 13.1 Å². The van der Waals surface area contributed by atoms with Gasteiger partial charge in [-0.1, -0.05) is 13.1 Å². The lowest BCUT2D eigenvalue weighted by molar-refractivity contribution is 0.00714. The van der Waals surface area contributed by atoms with Crippen molar-refractivity contribution in [2.75, 3.05) is 0 Å². The fraction of sp³-hybridized carbons (Fsp3) is 0.667. The van der Waals surface area contributed by atoms with Crippen molar-refractivity contribution in [3.8, 4) is 0 Å². The number of nitrogens with zero attached hydrogens (tertiary/aromatic N) is 2. The van der Waals surface area contributed by atoms with Crippen molar-refractivity contribution in [2.45, 2.75) is 13.1 Å². The third-order valence-electron chi connectivity index (χ3n) is 0.365. The Balaban J connectivity index is 3.29. The Kier molecular flexibility index (Phi) is 2.63. The summed E-state index contributed by atoms with van der Waals surface area (Å²) in [6.07, 6.45) is 0. The van der Waals surface area contributed by atoms with Gasteiger partial charge in [0.25, 0.3) is 0 Å². The van der Waals surface area contributed by atoms with Gasteiger partial charge in [0.05, 0.1) is 0 Å². The molecular weight excluding hydrogens is 92.1 g/mol. The summed E-state index contributed by atoms with van der Waals surface area (Å²) in [6, 6.07) is 0. The van der Waals surface area contributed by atoms with Gasteiger partial charge in [-0.3, -0.25) is 0 Å². The first kappa shape index (κ1) is 5.60. The molecule has 0 aliphatic rings. The molecule has 0 radical (unpaired) electrons. The van der Waals surface area contributed by atoms with Crippen LogP contribution in [0.5, 0.6) is 0 Å². The first-order valence-electron chi connectivity index (χ1n) is 1.95. The second kappa shape index (κ2) is 2.81. The van der Waals surface area contributed by atoms with Gasteiger partial charge in [-0.2, -0.15) is 4.79 Å². The highest BCUT2D eigenvalue weighted by Gasteiger charge is 1.90. The van der Waals surface area contributed by atoms with Crippen molar-refractivity contribution in [1.29, 1.82) is 0 Å². The van der Waals surface area contributed by atoms with E-state index in [9.17, 15) is 0 Å². The molecule has 0 heterocycles. The first-order chi connectivity index (χ1) is 2.77. The van der Waals surface area contributed by atoms with Crippen molar-refractivity contribution >= 4 is 14.6 Å². The van der Waals surface area contributed by atoms with Crippen LogP contribution in [0.1, 0.15) is 0 Å². The average Bonchev–Trinajstić information content (AvgIpc) is 1.35. The Bertz CT molecular complexity index is 72.9. The Hall–Kier alpha value is -0.403. The Morgan fingerprint density at radius 3 is 2.17 bits per heavy atom. The molecule has 0 fully saturated rings. The third-order valence-corrected chi connectivity index (χ3v) is 1.09. The molecule has 0 aliphatic heterocycles. The minimum Gasteiger partial charge on any atom is -0.363 e. The standard InChI is InChI=1S/C3H8N2Si/c1-6(2)3-5-4/h3,6H,1-2H3. The van der Waals surface area contributed by atoms with Gasteiger partial charge in [-0.15, -0.1) is 0 Å². The second-order valence-corrected chi connectivity index (χ2v) is 4.29. The summed E-state index contributed by atoms with van der Waals surface area (Å²) in [7, 11) is -0.712. The summed E-state index contributed by atoms with van der Waals surface area (Å²) < 4.78 is 0.